The van der Waals surface area contributed by atoms with Crippen molar-refractivity contribution < 1.29 is 8.42 Å². The third-order valence-electron chi connectivity index (χ3n) is 2.72. The normalized spacial score (nSPS) is 11.3. The third-order valence-corrected chi connectivity index (χ3v) is 4.13. The highest BCUT2D eigenvalue weighted by molar-refractivity contribution is 7.89. The van der Waals surface area contributed by atoms with Gasteiger partial charge in [0, 0.05) is 11.9 Å². The molecule has 0 unspecified atom stereocenters. The largest absolute Gasteiger partial charge is 0.379 e. The molecule has 2 rings (SSSR count). The van der Waals surface area contributed by atoms with Gasteiger partial charge in [-0.05, 0) is 38.2 Å². The molecule has 0 atom stereocenters. The van der Waals surface area contributed by atoms with Crippen LogP contribution in [0.3, 0.4) is 0 Å². The summed E-state index contributed by atoms with van der Waals surface area (Å²) in [5, 5.41) is 3.14. The highest BCUT2D eigenvalue weighted by Crippen LogP contribution is 2.15. The molecular weight excluding hydrogens is 276 g/mol. The second-order valence-corrected chi connectivity index (χ2v) is 6.07. The fraction of sp³-hybridized carbons (Fsp3) is 0.231. The zero-order valence-corrected chi connectivity index (χ0v) is 12.1. The molecule has 1 aromatic heterocycles. The highest BCUT2D eigenvalue weighted by atomic mass is 32.2. The minimum absolute atomic E-state index is 0.226. The van der Waals surface area contributed by atoms with Crippen LogP contribution in [0.25, 0.3) is 0 Å². The lowest BCUT2D eigenvalue weighted by atomic mass is 10.3. The van der Waals surface area contributed by atoms with Crippen LogP contribution in [0, 0.1) is 6.92 Å². The van der Waals surface area contributed by atoms with Crippen LogP contribution >= 0.6 is 0 Å². The third kappa shape index (κ3) is 3.52. The van der Waals surface area contributed by atoms with Crippen LogP contribution < -0.4 is 10.0 Å². The van der Waals surface area contributed by atoms with E-state index in [1.54, 1.807) is 24.4 Å². The SMILES string of the molecule is CNS(=O)(=O)c1cccc(NCc2ccnc(C)n2)c1. The summed E-state index contributed by atoms with van der Waals surface area (Å²) in [5.74, 6) is 0.704. The van der Waals surface area contributed by atoms with Crippen LogP contribution in [-0.2, 0) is 16.6 Å². The smallest absolute Gasteiger partial charge is 0.240 e. The van der Waals surface area contributed by atoms with Crippen molar-refractivity contribution in [2.45, 2.75) is 18.4 Å². The number of nitrogens with one attached hydrogen (secondary N) is 2. The Kier molecular flexibility index (Phi) is 4.31. The standard InChI is InChI=1S/C13H16N4O2S/c1-10-15-7-6-12(17-10)9-16-11-4-3-5-13(8-11)20(18,19)14-2/h3-8,14,16H,9H2,1-2H3. The van der Waals surface area contributed by atoms with Gasteiger partial charge in [-0.2, -0.15) is 0 Å². The average molecular weight is 292 g/mol. The highest BCUT2D eigenvalue weighted by Gasteiger charge is 2.11. The molecule has 0 amide bonds. The minimum atomic E-state index is -3.43. The Morgan fingerprint density at radius 1 is 1.25 bits per heavy atom. The molecule has 0 aliphatic heterocycles. The molecule has 106 valence electrons. The van der Waals surface area contributed by atoms with E-state index < -0.39 is 10.0 Å². The van der Waals surface area contributed by atoms with Crippen molar-refractivity contribution in [2.75, 3.05) is 12.4 Å². The molecule has 20 heavy (non-hydrogen) atoms. The van der Waals surface area contributed by atoms with Crippen molar-refractivity contribution >= 4 is 15.7 Å². The number of aryl methyl sites for hydroxylation is 1. The molecule has 2 N–H and O–H groups in total. The number of hydrogen-bond acceptors (Lipinski definition) is 5. The molecule has 0 saturated carbocycles. The molecule has 0 aliphatic carbocycles. The van der Waals surface area contributed by atoms with Crippen molar-refractivity contribution in [1.29, 1.82) is 0 Å². The number of aromatic nitrogens is 2. The van der Waals surface area contributed by atoms with Crippen molar-refractivity contribution in [2.24, 2.45) is 0 Å². The summed E-state index contributed by atoms with van der Waals surface area (Å²) in [6.07, 6.45) is 1.70. The fourth-order valence-corrected chi connectivity index (χ4v) is 2.46. The Labute approximate surface area is 118 Å². The first-order valence-corrected chi connectivity index (χ1v) is 7.55. The summed E-state index contributed by atoms with van der Waals surface area (Å²) in [7, 11) is -2.04. The molecule has 2 aromatic rings. The van der Waals surface area contributed by atoms with Crippen molar-refractivity contribution in [3.63, 3.8) is 0 Å². The Balaban J connectivity index is 2.13. The molecule has 6 nitrogen and oxygen atoms in total. The Hall–Kier alpha value is -1.99. The van der Waals surface area contributed by atoms with Gasteiger partial charge in [0.05, 0.1) is 17.1 Å². The van der Waals surface area contributed by atoms with E-state index in [0.29, 0.717) is 12.4 Å². The van der Waals surface area contributed by atoms with E-state index in [1.807, 2.05) is 19.1 Å². The van der Waals surface area contributed by atoms with Crippen molar-refractivity contribution in [3.8, 4) is 0 Å². The molecule has 0 saturated heterocycles. The van der Waals surface area contributed by atoms with E-state index in [0.717, 1.165) is 11.4 Å². The topological polar surface area (TPSA) is 84.0 Å². The van der Waals surface area contributed by atoms with Crippen LogP contribution in [0.15, 0.2) is 41.4 Å². The Bertz CT molecular complexity index is 701. The van der Waals surface area contributed by atoms with E-state index >= 15 is 0 Å². The molecular formula is C13H16N4O2S. The number of hydrogen-bond donors (Lipinski definition) is 2. The molecule has 1 aromatic carbocycles. The quantitative estimate of drug-likeness (QED) is 0.868. The maximum absolute atomic E-state index is 11.7. The van der Waals surface area contributed by atoms with Gasteiger partial charge in [-0.1, -0.05) is 6.07 Å². The predicted molar refractivity (Wildman–Crippen MR) is 76.8 cm³/mol. The van der Waals surface area contributed by atoms with Gasteiger partial charge in [0.25, 0.3) is 0 Å². The second kappa shape index (κ2) is 5.98. The molecule has 0 radical (unpaired) electrons. The van der Waals surface area contributed by atoms with E-state index in [9.17, 15) is 8.42 Å². The summed E-state index contributed by atoms with van der Waals surface area (Å²) < 4.78 is 25.7. The van der Waals surface area contributed by atoms with Crippen LogP contribution in [0.2, 0.25) is 0 Å². The van der Waals surface area contributed by atoms with Gasteiger partial charge in [-0.15, -0.1) is 0 Å². The van der Waals surface area contributed by atoms with Gasteiger partial charge < -0.3 is 5.32 Å². The van der Waals surface area contributed by atoms with Gasteiger partial charge in [-0.25, -0.2) is 23.1 Å². The first kappa shape index (κ1) is 14.4. The van der Waals surface area contributed by atoms with E-state index in [2.05, 4.69) is 20.0 Å². The van der Waals surface area contributed by atoms with Crippen LogP contribution in [0.1, 0.15) is 11.5 Å². The second-order valence-electron chi connectivity index (χ2n) is 4.18. The van der Waals surface area contributed by atoms with E-state index in [-0.39, 0.29) is 4.90 Å². The van der Waals surface area contributed by atoms with Crippen LogP contribution in [-0.4, -0.2) is 25.4 Å². The van der Waals surface area contributed by atoms with E-state index in [4.69, 9.17) is 0 Å². The first-order valence-electron chi connectivity index (χ1n) is 6.07. The lowest BCUT2D eigenvalue weighted by molar-refractivity contribution is 0.588. The molecule has 0 aliphatic rings. The number of rotatable bonds is 5. The van der Waals surface area contributed by atoms with Gasteiger partial charge in [0.1, 0.15) is 5.82 Å². The summed E-state index contributed by atoms with van der Waals surface area (Å²) in [4.78, 5) is 8.52. The summed E-state index contributed by atoms with van der Waals surface area (Å²) in [5.41, 5.74) is 1.57. The van der Waals surface area contributed by atoms with Gasteiger partial charge in [0.15, 0.2) is 0 Å². The van der Waals surface area contributed by atoms with Crippen LogP contribution in [0.4, 0.5) is 5.69 Å². The molecule has 0 fully saturated rings. The van der Waals surface area contributed by atoms with Gasteiger partial charge >= 0.3 is 0 Å². The monoisotopic (exact) mass is 292 g/mol. The average Bonchev–Trinajstić information content (AvgIpc) is 2.45. The van der Waals surface area contributed by atoms with E-state index in [1.165, 1.54) is 7.05 Å². The lowest BCUT2D eigenvalue weighted by Gasteiger charge is -2.08. The predicted octanol–water partition coefficient (Wildman–Crippen LogP) is 1.31. The number of anilines is 1. The zero-order chi connectivity index (χ0) is 14.6. The van der Waals surface area contributed by atoms with Crippen molar-refractivity contribution in [3.05, 3.63) is 48.0 Å². The number of sulfonamides is 1. The van der Waals surface area contributed by atoms with Crippen LogP contribution in [0.5, 0.6) is 0 Å². The van der Waals surface area contributed by atoms with Crippen molar-refractivity contribution in [1.82, 2.24) is 14.7 Å². The summed E-state index contributed by atoms with van der Waals surface area (Å²) in [6.45, 7) is 2.33. The summed E-state index contributed by atoms with van der Waals surface area (Å²) >= 11 is 0. The molecule has 0 spiro atoms. The first-order chi connectivity index (χ1) is 9.51. The molecule has 7 heteroatoms. The Morgan fingerprint density at radius 2 is 2.05 bits per heavy atom. The number of nitrogens with zero attached hydrogens (tertiary/aromatic N) is 2. The number of benzene rings is 1. The minimum Gasteiger partial charge on any atom is -0.379 e. The maximum Gasteiger partial charge on any atom is 0.240 e. The molecule has 0 bridgehead atoms. The van der Waals surface area contributed by atoms with Gasteiger partial charge in [-0.3, -0.25) is 0 Å². The molecule has 1 heterocycles. The zero-order valence-electron chi connectivity index (χ0n) is 11.3. The van der Waals surface area contributed by atoms with Gasteiger partial charge in [0.2, 0.25) is 10.0 Å². The summed E-state index contributed by atoms with van der Waals surface area (Å²) in [6, 6.07) is 8.44. The maximum atomic E-state index is 11.7. The fourth-order valence-electron chi connectivity index (χ4n) is 1.69. The Morgan fingerprint density at radius 3 is 2.75 bits per heavy atom. The lowest BCUT2D eigenvalue weighted by Crippen LogP contribution is -2.18.